The van der Waals surface area contributed by atoms with E-state index < -0.39 is 0 Å². The van der Waals surface area contributed by atoms with Gasteiger partial charge in [-0.05, 0) is 12.1 Å². The van der Waals surface area contributed by atoms with Crippen LogP contribution in [0, 0.1) is 0 Å². The van der Waals surface area contributed by atoms with E-state index in [1.165, 1.54) is 7.11 Å². The highest BCUT2D eigenvalue weighted by Crippen LogP contribution is 2.25. The molecule has 0 fully saturated rings. The zero-order valence-corrected chi connectivity index (χ0v) is 11.6. The van der Waals surface area contributed by atoms with Crippen LogP contribution in [0.15, 0.2) is 18.2 Å². The Labute approximate surface area is 116 Å². The average Bonchev–Trinajstić information content (AvgIpc) is 2.91. The zero-order valence-electron chi connectivity index (χ0n) is 11.6. The van der Waals surface area contributed by atoms with Gasteiger partial charge in [-0.2, -0.15) is 0 Å². The maximum atomic E-state index is 12.0. The number of carbonyl (C=O) groups excluding carboxylic acids is 1. The Morgan fingerprint density at radius 1 is 1.45 bits per heavy atom. The SMILES string of the molecule is COc1cc(NC(=O)c2n[nH]c(C(C)C)n2)ccc1N. The molecule has 0 radical (unpaired) electrons. The summed E-state index contributed by atoms with van der Waals surface area (Å²) >= 11 is 0. The number of hydrogen-bond acceptors (Lipinski definition) is 5. The summed E-state index contributed by atoms with van der Waals surface area (Å²) in [5.74, 6) is 1.07. The molecule has 2 aromatic rings. The molecule has 7 nitrogen and oxygen atoms in total. The number of H-pyrrole nitrogens is 1. The Morgan fingerprint density at radius 3 is 2.80 bits per heavy atom. The number of amides is 1. The highest BCUT2D eigenvalue weighted by Gasteiger charge is 2.14. The van der Waals surface area contributed by atoms with Crippen LogP contribution in [0.5, 0.6) is 5.75 Å². The molecule has 7 heteroatoms. The molecule has 0 aliphatic rings. The molecule has 0 unspecified atom stereocenters. The third kappa shape index (κ3) is 2.87. The third-order valence-electron chi connectivity index (χ3n) is 2.74. The van der Waals surface area contributed by atoms with Gasteiger partial charge in [-0.1, -0.05) is 13.8 Å². The molecule has 2 rings (SSSR count). The van der Waals surface area contributed by atoms with Crippen molar-refractivity contribution in [2.24, 2.45) is 0 Å². The van der Waals surface area contributed by atoms with Crippen molar-refractivity contribution in [1.29, 1.82) is 0 Å². The van der Waals surface area contributed by atoms with Crippen molar-refractivity contribution >= 4 is 17.3 Å². The Morgan fingerprint density at radius 2 is 2.20 bits per heavy atom. The summed E-state index contributed by atoms with van der Waals surface area (Å²) < 4.78 is 5.09. The summed E-state index contributed by atoms with van der Waals surface area (Å²) in [5, 5.41) is 9.32. The lowest BCUT2D eigenvalue weighted by Gasteiger charge is -2.07. The average molecular weight is 275 g/mol. The number of nitrogens with zero attached hydrogens (tertiary/aromatic N) is 2. The van der Waals surface area contributed by atoms with Crippen LogP contribution in [0.4, 0.5) is 11.4 Å². The monoisotopic (exact) mass is 275 g/mol. The van der Waals surface area contributed by atoms with Gasteiger partial charge < -0.3 is 15.8 Å². The number of nitrogen functional groups attached to an aromatic ring is 1. The fourth-order valence-electron chi connectivity index (χ4n) is 1.61. The number of benzene rings is 1. The number of methoxy groups -OCH3 is 1. The molecule has 20 heavy (non-hydrogen) atoms. The summed E-state index contributed by atoms with van der Waals surface area (Å²) in [7, 11) is 1.52. The number of rotatable bonds is 4. The maximum absolute atomic E-state index is 12.0. The lowest BCUT2D eigenvalue weighted by atomic mass is 10.2. The molecule has 1 aromatic heterocycles. The molecule has 0 saturated heterocycles. The van der Waals surface area contributed by atoms with Gasteiger partial charge in [0.15, 0.2) is 0 Å². The van der Waals surface area contributed by atoms with E-state index in [0.717, 1.165) is 0 Å². The van der Waals surface area contributed by atoms with Gasteiger partial charge >= 0.3 is 0 Å². The van der Waals surface area contributed by atoms with Crippen LogP contribution in [0.1, 0.15) is 36.2 Å². The molecule has 1 amide bonds. The van der Waals surface area contributed by atoms with Gasteiger partial charge in [-0.25, -0.2) is 4.98 Å². The number of ether oxygens (including phenoxy) is 1. The van der Waals surface area contributed by atoms with Gasteiger partial charge in [0.1, 0.15) is 11.6 Å². The van der Waals surface area contributed by atoms with Crippen molar-refractivity contribution < 1.29 is 9.53 Å². The Hall–Kier alpha value is -2.57. The van der Waals surface area contributed by atoms with E-state index in [2.05, 4.69) is 20.5 Å². The number of hydrogen-bond donors (Lipinski definition) is 3. The summed E-state index contributed by atoms with van der Waals surface area (Å²) in [5.41, 5.74) is 6.78. The second-order valence-corrected chi connectivity index (χ2v) is 4.61. The lowest BCUT2D eigenvalue weighted by molar-refractivity contribution is 0.101. The Kier molecular flexibility index (Phi) is 3.88. The van der Waals surface area contributed by atoms with Crippen LogP contribution in [0.3, 0.4) is 0 Å². The second-order valence-electron chi connectivity index (χ2n) is 4.61. The minimum absolute atomic E-state index is 0.101. The third-order valence-corrected chi connectivity index (χ3v) is 2.74. The highest BCUT2D eigenvalue weighted by molar-refractivity contribution is 6.01. The van der Waals surface area contributed by atoms with Gasteiger partial charge in [-0.3, -0.25) is 9.89 Å². The van der Waals surface area contributed by atoms with Crippen LogP contribution >= 0.6 is 0 Å². The van der Waals surface area contributed by atoms with Gasteiger partial charge in [0.2, 0.25) is 5.82 Å². The van der Waals surface area contributed by atoms with E-state index in [9.17, 15) is 4.79 Å². The van der Waals surface area contributed by atoms with Crippen molar-refractivity contribution in [2.45, 2.75) is 19.8 Å². The smallest absolute Gasteiger partial charge is 0.295 e. The summed E-state index contributed by atoms with van der Waals surface area (Å²) in [6, 6.07) is 4.99. The van der Waals surface area contributed by atoms with Crippen molar-refractivity contribution in [3.8, 4) is 5.75 Å². The summed E-state index contributed by atoms with van der Waals surface area (Å²) in [4.78, 5) is 16.1. The molecule has 0 aliphatic carbocycles. The minimum Gasteiger partial charge on any atom is -0.495 e. The molecule has 1 aromatic carbocycles. The zero-order chi connectivity index (χ0) is 14.7. The molecule has 1 heterocycles. The molecule has 0 saturated carbocycles. The minimum atomic E-state index is -0.389. The van der Waals surface area contributed by atoms with Crippen molar-refractivity contribution in [3.63, 3.8) is 0 Å². The summed E-state index contributed by atoms with van der Waals surface area (Å²) in [6.45, 7) is 3.93. The van der Waals surface area contributed by atoms with Crippen LogP contribution in [0.25, 0.3) is 0 Å². The number of nitrogens with one attached hydrogen (secondary N) is 2. The normalized spacial score (nSPS) is 10.6. The molecule has 4 N–H and O–H groups in total. The largest absolute Gasteiger partial charge is 0.495 e. The number of nitrogens with two attached hydrogens (primary N) is 1. The van der Waals surface area contributed by atoms with Gasteiger partial charge in [0, 0.05) is 17.7 Å². The number of anilines is 2. The van der Waals surface area contributed by atoms with Gasteiger partial charge in [-0.15, -0.1) is 5.10 Å². The van der Waals surface area contributed by atoms with Crippen LogP contribution < -0.4 is 15.8 Å². The molecule has 106 valence electrons. The predicted molar refractivity (Wildman–Crippen MR) is 75.8 cm³/mol. The highest BCUT2D eigenvalue weighted by atomic mass is 16.5. The molecule has 0 atom stereocenters. The standard InChI is InChI=1S/C13H17N5O2/c1-7(2)11-16-12(18-17-11)13(19)15-8-4-5-9(14)10(6-8)20-3/h4-7H,14H2,1-3H3,(H,15,19)(H,16,17,18). The van der Waals surface area contributed by atoms with Crippen LogP contribution in [0.2, 0.25) is 0 Å². The van der Waals surface area contributed by atoms with E-state index in [4.69, 9.17) is 10.5 Å². The fourth-order valence-corrected chi connectivity index (χ4v) is 1.61. The fraction of sp³-hybridized carbons (Fsp3) is 0.308. The molecular weight excluding hydrogens is 258 g/mol. The van der Waals surface area contributed by atoms with Crippen LogP contribution in [-0.4, -0.2) is 28.2 Å². The van der Waals surface area contributed by atoms with Gasteiger partial charge in [0.05, 0.1) is 12.8 Å². The summed E-state index contributed by atoms with van der Waals surface area (Å²) in [6.07, 6.45) is 0. The molecule has 0 aliphatic heterocycles. The van der Waals surface area contributed by atoms with E-state index in [1.54, 1.807) is 18.2 Å². The van der Waals surface area contributed by atoms with Crippen molar-refractivity contribution in [3.05, 3.63) is 29.8 Å². The Balaban J connectivity index is 2.14. The van der Waals surface area contributed by atoms with Gasteiger partial charge in [0.25, 0.3) is 5.91 Å². The predicted octanol–water partition coefficient (Wildman–Crippen LogP) is 1.77. The Bertz CT molecular complexity index is 621. The first-order valence-electron chi connectivity index (χ1n) is 6.18. The topological polar surface area (TPSA) is 106 Å². The van der Waals surface area contributed by atoms with E-state index in [1.807, 2.05) is 13.8 Å². The van der Waals surface area contributed by atoms with Crippen molar-refractivity contribution in [2.75, 3.05) is 18.2 Å². The molecule has 0 spiro atoms. The lowest BCUT2D eigenvalue weighted by Crippen LogP contribution is -2.14. The van der Waals surface area contributed by atoms with E-state index in [0.29, 0.717) is 22.9 Å². The van der Waals surface area contributed by atoms with E-state index in [-0.39, 0.29) is 17.6 Å². The first kappa shape index (κ1) is 13.9. The van der Waals surface area contributed by atoms with Crippen LogP contribution in [-0.2, 0) is 0 Å². The van der Waals surface area contributed by atoms with Crippen molar-refractivity contribution in [1.82, 2.24) is 15.2 Å². The molecule has 0 bridgehead atoms. The number of aromatic amines is 1. The first-order chi connectivity index (χ1) is 9.51. The number of aromatic nitrogens is 3. The second kappa shape index (κ2) is 5.60. The number of carbonyl (C=O) groups is 1. The van der Waals surface area contributed by atoms with E-state index >= 15 is 0 Å². The maximum Gasteiger partial charge on any atom is 0.295 e. The molecular formula is C13H17N5O2. The first-order valence-corrected chi connectivity index (χ1v) is 6.18. The quantitative estimate of drug-likeness (QED) is 0.737.